The zero-order valence-electron chi connectivity index (χ0n) is 21.9. The van der Waals surface area contributed by atoms with Crippen LogP contribution in [0.15, 0.2) is 97.6 Å². The minimum atomic E-state index is -0.866. The number of hydrogen-bond acceptors (Lipinski definition) is 7. The molecule has 0 saturated heterocycles. The van der Waals surface area contributed by atoms with Gasteiger partial charge in [0.1, 0.15) is 29.6 Å². The standard InChI is InChI=1S/C32H32O7/c1-4-6-7-30(29(34)20-22(3)21-33)37-26-18-12-25(13-19-26)32(36)39-28-16-10-24(11-17-28)23-8-14-27(15-9-23)38-31(35)5-2/h5,8-19,21,29-30,34H,2-4,6-7,20H2,1H3. The Morgan fingerprint density at radius 1 is 0.872 bits per heavy atom. The molecule has 0 saturated carbocycles. The third-order valence-corrected chi connectivity index (χ3v) is 5.92. The van der Waals surface area contributed by atoms with Crippen LogP contribution in [0, 0.1) is 0 Å². The zero-order valence-corrected chi connectivity index (χ0v) is 21.9. The fraction of sp³-hybridized carbons (Fsp3) is 0.219. The Morgan fingerprint density at radius 2 is 1.41 bits per heavy atom. The molecular formula is C32H32O7. The lowest BCUT2D eigenvalue weighted by atomic mass is 10.0. The predicted molar refractivity (Wildman–Crippen MR) is 149 cm³/mol. The van der Waals surface area contributed by atoms with E-state index >= 15 is 0 Å². The SMILES string of the molecule is C=CC(=O)Oc1ccc(-c2ccc(OC(=O)c3ccc(OC(CCCC)C(O)CC(=C)C=O)cc3)cc2)cc1. The van der Waals surface area contributed by atoms with E-state index in [2.05, 4.69) is 13.2 Å². The molecule has 3 aromatic carbocycles. The van der Waals surface area contributed by atoms with Crippen molar-refractivity contribution in [2.75, 3.05) is 0 Å². The first-order chi connectivity index (χ1) is 18.8. The van der Waals surface area contributed by atoms with Gasteiger partial charge in [-0.3, -0.25) is 4.79 Å². The molecule has 3 rings (SSSR count). The first-order valence-electron chi connectivity index (χ1n) is 12.7. The van der Waals surface area contributed by atoms with Crippen molar-refractivity contribution < 1.29 is 33.7 Å². The number of unbranched alkanes of at least 4 members (excludes halogenated alkanes) is 1. The van der Waals surface area contributed by atoms with Crippen LogP contribution in [0.4, 0.5) is 0 Å². The van der Waals surface area contributed by atoms with E-state index < -0.39 is 24.1 Å². The highest BCUT2D eigenvalue weighted by Gasteiger charge is 2.22. The van der Waals surface area contributed by atoms with Crippen LogP contribution in [0.25, 0.3) is 11.1 Å². The summed E-state index contributed by atoms with van der Waals surface area (Å²) in [4.78, 5) is 34.9. The largest absolute Gasteiger partial charge is 0.488 e. The van der Waals surface area contributed by atoms with E-state index in [0.717, 1.165) is 30.0 Å². The number of ether oxygens (including phenoxy) is 3. The van der Waals surface area contributed by atoms with Gasteiger partial charge in [-0.05, 0) is 78.1 Å². The van der Waals surface area contributed by atoms with Gasteiger partial charge < -0.3 is 19.3 Å². The van der Waals surface area contributed by atoms with E-state index in [1.54, 1.807) is 48.5 Å². The maximum absolute atomic E-state index is 12.7. The number of aliphatic hydroxyl groups is 1. The van der Waals surface area contributed by atoms with Gasteiger partial charge in [0.25, 0.3) is 0 Å². The first-order valence-corrected chi connectivity index (χ1v) is 12.7. The van der Waals surface area contributed by atoms with Gasteiger partial charge in [-0.15, -0.1) is 0 Å². The Morgan fingerprint density at radius 3 is 1.92 bits per heavy atom. The molecule has 0 radical (unpaired) electrons. The monoisotopic (exact) mass is 528 g/mol. The Bertz CT molecular complexity index is 1280. The second kappa shape index (κ2) is 14.4. The van der Waals surface area contributed by atoms with Gasteiger partial charge in [-0.2, -0.15) is 0 Å². The van der Waals surface area contributed by atoms with Crippen molar-refractivity contribution in [3.8, 4) is 28.4 Å². The van der Waals surface area contributed by atoms with Gasteiger partial charge in [-0.1, -0.05) is 50.8 Å². The summed E-state index contributed by atoms with van der Waals surface area (Å²) >= 11 is 0. The molecule has 202 valence electrons. The van der Waals surface area contributed by atoms with Crippen LogP contribution < -0.4 is 14.2 Å². The number of carbonyl (C=O) groups excluding carboxylic acids is 3. The van der Waals surface area contributed by atoms with E-state index in [4.69, 9.17) is 14.2 Å². The Kier molecular flexibility index (Phi) is 10.8. The minimum absolute atomic E-state index is 0.136. The van der Waals surface area contributed by atoms with Crippen molar-refractivity contribution in [2.45, 2.75) is 44.8 Å². The summed E-state index contributed by atoms with van der Waals surface area (Å²) in [6.07, 6.45) is 2.92. The normalized spacial score (nSPS) is 12.1. The maximum Gasteiger partial charge on any atom is 0.343 e. The lowest BCUT2D eigenvalue weighted by molar-refractivity contribution is -0.129. The molecule has 0 aliphatic heterocycles. The van der Waals surface area contributed by atoms with Gasteiger partial charge in [-0.25, -0.2) is 9.59 Å². The molecule has 3 aromatic rings. The van der Waals surface area contributed by atoms with E-state index in [-0.39, 0.29) is 6.42 Å². The molecule has 0 aliphatic carbocycles. The van der Waals surface area contributed by atoms with E-state index in [0.29, 0.717) is 41.1 Å². The van der Waals surface area contributed by atoms with Gasteiger partial charge in [0, 0.05) is 12.5 Å². The third kappa shape index (κ3) is 8.79. The molecular weight excluding hydrogens is 496 g/mol. The van der Waals surface area contributed by atoms with Crippen LogP contribution >= 0.6 is 0 Å². The molecule has 7 heteroatoms. The molecule has 1 N–H and O–H groups in total. The van der Waals surface area contributed by atoms with Crippen molar-refractivity contribution in [1.29, 1.82) is 0 Å². The van der Waals surface area contributed by atoms with E-state index in [1.807, 2.05) is 31.2 Å². The topological polar surface area (TPSA) is 99.1 Å². The molecule has 39 heavy (non-hydrogen) atoms. The van der Waals surface area contributed by atoms with Crippen molar-refractivity contribution in [3.05, 3.63) is 103 Å². The second-order valence-electron chi connectivity index (χ2n) is 8.93. The fourth-order valence-electron chi connectivity index (χ4n) is 3.78. The van der Waals surface area contributed by atoms with Crippen LogP contribution in [-0.4, -0.2) is 35.5 Å². The number of benzene rings is 3. The quantitative estimate of drug-likeness (QED) is 0.117. The minimum Gasteiger partial charge on any atom is -0.488 e. The van der Waals surface area contributed by atoms with Crippen LogP contribution in [0.3, 0.4) is 0 Å². The summed E-state index contributed by atoms with van der Waals surface area (Å²) < 4.78 is 16.6. The van der Waals surface area contributed by atoms with E-state index in [9.17, 15) is 19.5 Å². The predicted octanol–water partition coefficient (Wildman–Crippen LogP) is 6.11. The smallest absolute Gasteiger partial charge is 0.343 e. The molecule has 2 unspecified atom stereocenters. The molecule has 0 bridgehead atoms. The Hall–Kier alpha value is -4.49. The maximum atomic E-state index is 12.7. The summed E-state index contributed by atoms with van der Waals surface area (Å²) in [6.45, 7) is 9.05. The highest BCUT2D eigenvalue weighted by Crippen LogP contribution is 2.26. The molecule has 7 nitrogen and oxygen atoms in total. The van der Waals surface area contributed by atoms with Gasteiger partial charge >= 0.3 is 11.9 Å². The average Bonchev–Trinajstić information content (AvgIpc) is 2.96. The van der Waals surface area contributed by atoms with Crippen molar-refractivity contribution in [1.82, 2.24) is 0 Å². The van der Waals surface area contributed by atoms with Crippen LogP contribution in [0.1, 0.15) is 43.0 Å². The molecule has 2 atom stereocenters. The number of aldehydes is 1. The summed E-state index contributed by atoms with van der Waals surface area (Å²) in [7, 11) is 0. The Balaban J connectivity index is 1.60. The number of esters is 2. The summed E-state index contributed by atoms with van der Waals surface area (Å²) in [5.74, 6) is 0.259. The molecule has 0 aliphatic rings. The Labute approximate surface area is 228 Å². The fourth-order valence-corrected chi connectivity index (χ4v) is 3.78. The molecule has 0 heterocycles. The van der Waals surface area contributed by atoms with Gasteiger partial charge in [0.05, 0.1) is 11.7 Å². The third-order valence-electron chi connectivity index (χ3n) is 5.92. The number of carbonyl (C=O) groups is 3. The van der Waals surface area contributed by atoms with Crippen molar-refractivity contribution in [3.63, 3.8) is 0 Å². The summed E-state index contributed by atoms with van der Waals surface area (Å²) in [6, 6.07) is 20.6. The van der Waals surface area contributed by atoms with Crippen LogP contribution in [-0.2, 0) is 9.59 Å². The highest BCUT2D eigenvalue weighted by molar-refractivity contribution is 5.91. The van der Waals surface area contributed by atoms with Crippen molar-refractivity contribution in [2.24, 2.45) is 0 Å². The number of rotatable bonds is 14. The average molecular weight is 529 g/mol. The first kappa shape index (κ1) is 29.1. The lowest BCUT2D eigenvalue weighted by Gasteiger charge is -2.24. The molecule has 0 fully saturated rings. The summed E-state index contributed by atoms with van der Waals surface area (Å²) in [5, 5.41) is 10.5. The van der Waals surface area contributed by atoms with Crippen LogP contribution in [0.5, 0.6) is 17.2 Å². The van der Waals surface area contributed by atoms with E-state index in [1.165, 1.54) is 0 Å². The summed E-state index contributed by atoms with van der Waals surface area (Å²) in [5.41, 5.74) is 2.45. The molecule has 0 spiro atoms. The lowest BCUT2D eigenvalue weighted by Crippen LogP contribution is -2.32. The molecule has 0 amide bonds. The van der Waals surface area contributed by atoms with Gasteiger partial charge in [0.15, 0.2) is 0 Å². The number of hydrogen-bond donors (Lipinski definition) is 1. The van der Waals surface area contributed by atoms with Gasteiger partial charge in [0.2, 0.25) is 0 Å². The van der Waals surface area contributed by atoms with Crippen LogP contribution in [0.2, 0.25) is 0 Å². The van der Waals surface area contributed by atoms with Crippen molar-refractivity contribution >= 4 is 18.2 Å². The zero-order chi connectivity index (χ0) is 28.2. The number of aliphatic hydroxyl groups excluding tert-OH is 1. The second-order valence-corrected chi connectivity index (χ2v) is 8.93. The molecule has 0 aromatic heterocycles. The highest BCUT2D eigenvalue weighted by atomic mass is 16.5.